The highest BCUT2D eigenvalue weighted by atomic mass is 32.2. The molecule has 11 nitrogen and oxygen atoms in total. The Labute approximate surface area is 198 Å². The summed E-state index contributed by atoms with van der Waals surface area (Å²) >= 11 is 5.36. The number of hydrogen-bond acceptors (Lipinski definition) is 8. The summed E-state index contributed by atoms with van der Waals surface area (Å²) in [6, 6.07) is -4.27. The number of primary amides is 1. The predicted molar refractivity (Wildman–Crippen MR) is 126 cm³/mol. The molecule has 0 saturated heterocycles. The Balaban J connectivity index is 5.46. The zero-order valence-corrected chi connectivity index (χ0v) is 20.3. The molecule has 0 aliphatic rings. The topological polar surface area (TPSA) is 194 Å². The minimum atomic E-state index is -1.29. The molecule has 0 aromatic carbocycles. The highest BCUT2D eigenvalue weighted by molar-refractivity contribution is 7.98. The quantitative estimate of drug-likeness (QED) is 0.131. The van der Waals surface area contributed by atoms with Crippen molar-refractivity contribution in [3.8, 4) is 0 Å². The van der Waals surface area contributed by atoms with E-state index in [9.17, 15) is 24.0 Å². The van der Waals surface area contributed by atoms with Gasteiger partial charge in [-0.25, -0.2) is 4.79 Å². The SMILES string of the molecule is CCC(C)C(N)C(=O)NC(CCSC)C(=O)NC(CCC(N)=O)C(=O)NC(CS)C(=O)O. The first-order chi connectivity index (χ1) is 15.0. The van der Waals surface area contributed by atoms with Crippen LogP contribution in [0.4, 0.5) is 0 Å². The molecule has 32 heavy (non-hydrogen) atoms. The smallest absolute Gasteiger partial charge is 0.327 e. The summed E-state index contributed by atoms with van der Waals surface area (Å²) in [4.78, 5) is 60.3. The van der Waals surface area contributed by atoms with Crippen molar-refractivity contribution in [2.45, 2.75) is 63.7 Å². The van der Waals surface area contributed by atoms with E-state index in [0.29, 0.717) is 12.2 Å². The fraction of sp³-hybridized carbons (Fsp3) is 0.737. The van der Waals surface area contributed by atoms with Gasteiger partial charge >= 0.3 is 5.97 Å². The Morgan fingerprint density at radius 3 is 1.91 bits per heavy atom. The lowest BCUT2D eigenvalue weighted by atomic mass is 9.99. The maximum absolute atomic E-state index is 12.9. The number of rotatable bonds is 16. The molecule has 0 heterocycles. The Hall–Kier alpha value is -1.99. The van der Waals surface area contributed by atoms with Gasteiger partial charge in [0.2, 0.25) is 23.6 Å². The highest BCUT2D eigenvalue weighted by Crippen LogP contribution is 2.08. The number of carbonyl (C=O) groups is 5. The Kier molecular flexibility index (Phi) is 14.8. The van der Waals surface area contributed by atoms with Gasteiger partial charge in [0.05, 0.1) is 6.04 Å². The number of carbonyl (C=O) groups excluding carboxylic acids is 4. The van der Waals surface area contributed by atoms with Gasteiger partial charge in [0.15, 0.2) is 0 Å². The standard InChI is InChI=1S/C19H35N5O6S2/c1-4-10(2)15(21)18(28)23-12(7-8-32-3)17(27)22-11(5-6-14(20)25)16(26)24-13(9-31)19(29)30/h10-13,15,31H,4-9,21H2,1-3H3,(H2,20,25)(H,22,27)(H,23,28)(H,24,26)(H,29,30). The van der Waals surface area contributed by atoms with Gasteiger partial charge in [-0.2, -0.15) is 24.4 Å². The van der Waals surface area contributed by atoms with Crippen LogP contribution in [0.3, 0.4) is 0 Å². The van der Waals surface area contributed by atoms with Gasteiger partial charge in [-0.05, 0) is 30.8 Å². The van der Waals surface area contributed by atoms with E-state index in [-0.39, 0.29) is 30.9 Å². The summed E-state index contributed by atoms with van der Waals surface area (Å²) in [5.74, 6) is -3.63. The second kappa shape index (κ2) is 15.8. The molecule has 4 amide bonds. The molecule has 5 unspecified atom stereocenters. The van der Waals surface area contributed by atoms with Crippen molar-refractivity contribution in [3.63, 3.8) is 0 Å². The number of thiol groups is 1. The molecule has 0 aliphatic carbocycles. The Morgan fingerprint density at radius 1 is 0.969 bits per heavy atom. The zero-order valence-electron chi connectivity index (χ0n) is 18.6. The second-order valence-electron chi connectivity index (χ2n) is 7.40. The van der Waals surface area contributed by atoms with Crippen molar-refractivity contribution in [1.29, 1.82) is 0 Å². The van der Waals surface area contributed by atoms with Gasteiger partial charge in [-0.3, -0.25) is 19.2 Å². The van der Waals surface area contributed by atoms with Crippen molar-refractivity contribution >= 4 is 54.0 Å². The zero-order chi connectivity index (χ0) is 24.8. The highest BCUT2D eigenvalue weighted by Gasteiger charge is 2.30. The first-order valence-corrected chi connectivity index (χ1v) is 12.3. The van der Waals surface area contributed by atoms with Gasteiger partial charge in [0, 0.05) is 12.2 Å². The molecule has 13 heteroatoms. The average Bonchev–Trinajstić information content (AvgIpc) is 2.75. The number of thioether (sulfide) groups is 1. The van der Waals surface area contributed by atoms with Crippen LogP contribution in [0.2, 0.25) is 0 Å². The van der Waals surface area contributed by atoms with Crippen LogP contribution in [0.25, 0.3) is 0 Å². The van der Waals surface area contributed by atoms with Crippen molar-refractivity contribution < 1.29 is 29.1 Å². The number of aliphatic carboxylic acids is 1. The molecule has 0 radical (unpaired) electrons. The van der Waals surface area contributed by atoms with Crippen molar-refractivity contribution in [2.24, 2.45) is 17.4 Å². The van der Waals surface area contributed by atoms with Gasteiger partial charge < -0.3 is 32.5 Å². The molecule has 5 atom stereocenters. The normalized spacial score (nSPS) is 15.5. The van der Waals surface area contributed by atoms with Crippen LogP contribution < -0.4 is 27.4 Å². The predicted octanol–water partition coefficient (Wildman–Crippen LogP) is -1.15. The number of nitrogens with two attached hydrogens (primary N) is 2. The summed E-state index contributed by atoms with van der Waals surface area (Å²) in [6.45, 7) is 3.72. The summed E-state index contributed by atoms with van der Waals surface area (Å²) < 4.78 is 0. The molecule has 0 bridgehead atoms. The van der Waals surface area contributed by atoms with Crippen LogP contribution in [0.15, 0.2) is 0 Å². The van der Waals surface area contributed by atoms with Gasteiger partial charge in [-0.1, -0.05) is 20.3 Å². The molecule has 0 fully saturated rings. The van der Waals surface area contributed by atoms with E-state index in [1.165, 1.54) is 11.8 Å². The molecule has 0 rings (SSSR count). The molecule has 0 aromatic rings. The fourth-order valence-electron chi connectivity index (χ4n) is 2.57. The summed E-state index contributed by atoms with van der Waals surface area (Å²) in [7, 11) is 0. The summed E-state index contributed by atoms with van der Waals surface area (Å²) in [5.41, 5.74) is 11.1. The van der Waals surface area contributed by atoms with E-state index >= 15 is 0 Å². The van der Waals surface area contributed by atoms with E-state index in [0.717, 1.165) is 0 Å². The van der Waals surface area contributed by atoms with E-state index < -0.39 is 53.8 Å². The van der Waals surface area contributed by atoms with Crippen molar-refractivity contribution in [1.82, 2.24) is 16.0 Å². The summed E-state index contributed by atoms with van der Waals surface area (Å²) in [5, 5.41) is 16.5. The minimum Gasteiger partial charge on any atom is -0.480 e. The third-order valence-corrected chi connectivity index (χ3v) is 5.92. The Bertz CT molecular complexity index is 666. The number of nitrogens with one attached hydrogen (secondary N) is 3. The van der Waals surface area contributed by atoms with E-state index in [1.54, 1.807) is 0 Å². The largest absolute Gasteiger partial charge is 0.480 e. The van der Waals surface area contributed by atoms with E-state index in [4.69, 9.17) is 16.6 Å². The number of carboxylic acids is 1. The van der Waals surface area contributed by atoms with Crippen LogP contribution in [0.5, 0.6) is 0 Å². The monoisotopic (exact) mass is 493 g/mol. The van der Waals surface area contributed by atoms with Crippen molar-refractivity contribution in [2.75, 3.05) is 17.8 Å². The van der Waals surface area contributed by atoms with Gasteiger partial charge in [-0.15, -0.1) is 0 Å². The average molecular weight is 494 g/mol. The fourth-order valence-corrected chi connectivity index (χ4v) is 3.29. The van der Waals surface area contributed by atoms with Crippen LogP contribution in [0, 0.1) is 5.92 Å². The van der Waals surface area contributed by atoms with E-state index in [2.05, 4.69) is 28.6 Å². The number of hydrogen-bond donors (Lipinski definition) is 7. The number of amides is 4. The van der Waals surface area contributed by atoms with Gasteiger partial charge in [0.25, 0.3) is 0 Å². The molecule has 0 saturated carbocycles. The van der Waals surface area contributed by atoms with E-state index in [1.807, 2.05) is 20.1 Å². The minimum absolute atomic E-state index is 0.0949. The second-order valence-corrected chi connectivity index (χ2v) is 8.75. The molecular formula is C19H35N5O6S2. The van der Waals surface area contributed by atoms with Crippen LogP contribution in [-0.2, 0) is 24.0 Å². The summed E-state index contributed by atoms with van der Waals surface area (Å²) in [6.07, 6.45) is 2.46. The third kappa shape index (κ3) is 11.0. The Morgan fingerprint density at radius 2 is 1.47 bits per heavy atom. The number of carboxylic acid groups (broad SMARTS) is 1. The molecule has 0 aliphatic heterocycles. The van der Waals surface area contributed by atoms with Crippen LogP contribution >= 0.6 is 24.4 Å². The maximum Gasteiger partial charge on any atom is 0.327 e. The molecule has 8 N–H and O–H groups in total. The van der Waals surface area contributed by atoms with Crippen molar-refractivity contribution in [3.05, 3.63) is 0 Å². The van der Waals surface area contributed by atoms with Crippen LogP contribution in [-0.4, -0.2) is 76.6 Å². The molecular weight excluding hydrogens is 458 g/mol. The third-order valence-electron chi connectivity index (χ3n) is 4.91. The van der Waals surface area contributed by atoms with Gasteiger partial charge in [0.1, 0.15) is 18.1 Å². The first-order valence-electron chi connectivity index (χ1n) is 10.3. The molecule has 0 spiro atoms. The lowest BCUT2D eigenvalue weighted by Crippen LogP contribution is -2.58. The molecule has 0 aromatic heterocycles. The first kappa shape index (κ1) is 30.0. The maximum atomic E-state index is 12.9. The lowest BCUT2D eigenvalue weighted by molar-refractivity contribution is -0.141. The lowest BCUT2D eigenvalue weighted by Gasteiger charge is -2.25. The molecule has 184 valence electrons. The van der Waals surface area contributed by atoms with Crippen LogP contribution in [0.1, 0.15) is 39.5 Å².